The van der Waals surface area contributed by atoms with Crippen molar-refractivity contribution >= 4 is 12.1 Å². The molecule has 0 saturated heterocycles. The van der Waals surface area contributed by atoms with Crippen LogP contribution in [0, 0.1) is 11.6 Å². The molecule has 2 aromatic carbocycles. The van der Waals surface area contributed by atoms with E-state index < -0.39 is 59.5 Å². The molecule has 2 aliphatic heterocycles. The number of aliphatic carboxylic acids is 1. The number of benzene rings is 2. The zero-order valence-electron chi connectivity index (χ0n) is 28.4. The molecule has 2 aliphatic rings. The van der Waals surface area contributed by atoms with E-state index in [1.54, 1.807) is 20.8 Å². The molecule has 4 heterocycles. The van der Waals surface area contributed by atoms with E-state index >= 15 is 0 Å². The van der Waals surface area contributed by atoms with Crippen LogP contribution in [-0.2, 0) is 48.1 Å². The van der Waals surface area contributed by atoms with Gasteiger partial charge in [0, 0.05) is 43.9 Å². The summed E-state index contributed by atoms with van der Waals surface area (Å²) in [4.78, 5) is 30.1. The molecule has 0 saturated carbocycles. The highest BCUT2D eigenvalue weighted by molar-refractivity contribution is 5.73. The first-order valence-corrected chi connectivity index (χ1v) is 15.7. The number of carbonyl (C=O) groups is 2. The summed E-state index contributed by atoms with van der Waals surface area (Å²) < 4.78 is 145. The van der Waals surface area contributed by atoms with Gasteiger partial charge >= 0.3 is 30.6 Å². The lowest BCUT2D eigenvalue weighted by atomic mass is 10.1. The van der Waals surface area contributed by atoms with Gasteiger partial charge in [0.1, 0.15) is 17.2 Å². The molecule has 0 fully saturated rings. The summed E-state index contributed by atoms with van der Waals surface area (Å²) in [7, 11) is 0. The fourth-order valence-corrected chi connectivity index (χ4v) is 5.27. The zero-order valence-corrected chi connectivity index (χ0v) is 28.4. The summed E-state index contributed by atoms with van der Waals surface area (Å²) in [6, 6.07) is 10.3. The van der Waals surface area contributed by atoms with Gasteiger partial charge in [-0.2, -0.15) is 39.5 Å². The minimum atomic E-state index is -5.08. The molecule has 0 aliphatic carbocycles. The van der Waals surface area contributed by atoms with Crippen molar-refractivity contribution in [2.75, 3.05) is 13.1 Å². The van der Waals surface area contributed by atoms with Gasteiger partial charge in [-0.25, -0.2) is 28.3 Å². The summed E-state index contributed by atoms with van der Waals surface area (Å²) in [5, 5.41) is 10.1. The Kier molecular flexibility index (Phi) is 12.0. The molecule has 0 bridgehead atoms. The van der Waals surface area contributed by atoms with Gasteiger partial charge in [0.25, 0.3) is 0 Å². The van der Waals surface area contributed by atoms with Gasteiger partial charge in [0.05, 0.1) is 29.3 Å². The van der Waals surface area contributed by atoms with Gasteiger partial charge in [-0.3, -0.25) is 0 Å². The van der Waals surface area contributed by atoms with Crippen LogP contribution in [0.4, 0.5) is 53.1 Å². The summed E-state index contributed by atoms with van der Waals surface area (Å²) >= 11 is 0. The molecule has 0 radical (unpaired) electrons. The predicted octanol–water partition coefficient (Wildman–Crippen LogP) is 7.90. The van der Waals surface area contributed by atoms with E-state index in [4.69, 9.17) is 14.6 Å². The first-order valence-electron chi connectivity index (χ1n) is 15.7. The molecule has 2 N–H and O–H groups in total. The molecule has 1 amide bonds. The molecule has 21 heteroatoms. The van der Waals surface area contributed by atoms with E-state index in [-0.39, 0.29) is 43.3 Å². The number of carboxylic acid groups (broad SMARTS) is 1. The number of fused-ring (bicyclic) bond motifs is 2. The fourth-order valence-electron chi connectivity index (χ4n) is 5.27. The largest absolute Gasteiger partial charge is 0.490 e. The highest BCUT2D eigenvalue weighted by Gasteiger charge is 2.42. The normalized spacial score (nSPS) is 14.5. The Morgan fingerprint density at radius 2 is 1.13 bits per heavy atom. The van der Waals surface area contributed by atoms with Crippen LogP contribution in [0.2, 0.25) is 0 Å². The number of ether oxygens (including phenoxy) is 1. The highest BCUT2D eigenvalue weighted by Crippen LogP contribution is 2.37. The standard InChI is InChI=1S/C18H19F4N3O2.C13H11F4N3.C2HF3O2/c1-17(2,3)27-16(26)24-8-9-25-13(10-24)14(23-15(25)18(20,21)22)11-4-6-12(19)7-5-11;14-9-3-1-8(2-4-9)11-10-7-18-5-6-20(10)12(19-11)13(15,16)17;3-2(4,5)1(6)7/h4-7H,8-10H2,1-3H3;1-4,18H,5-7H2;(H,6,7). The second kappa shape index (κ2) is 15.6. The number of nitrogens with one attached hydrogen (secondary N) is 1. The van der Waals surface area contributed by atoms with Crippen molar-refractivity contribution in [3.63, 3.8) is 0 Å². The first-order chi connectivity index (χ1) is 24.9. The van der Waals surface area contributed by atoms with Crippen LogP contribution in [0.5, 0.6) is 0 Å². The lowest BCUT2D eigenvalue weighted by Crippen LogP contribution is -2.42. The van der Waals surface area contributed by atoms with E-state index in [1.165, 1.54) is 45.9 Å². The lowest BCUT2D eigenvalue weighted by molar-refractivity contribution is -0.192. The average Bonchev–Trinajstić information content (AvgIpc) is 3.65. The van der Waals surface area contributed by atoms with Crippen LogP contribution in [-0.4, -0.2) is 66.0 Å². The maximum Gasteiger partial charge on any atom is 0.490 e. The van der Waals surface area contributed by atoms with Crippen molar-refractivity contribution in [3.05, 3.63) is 83.2 Å². The maximum absolute atomic E-state index is 13.4. The molecule has 0 unspecified atom stereocenters. The maximum atomic E-state index is 13.4. The number of aromatic nitrogens is 4. The number of carbonyl (C=O) groups excluding carboxylic acids is 1. The second-order valence-corrected chi connectivity index (χ2v) is 12.7. The Morgan fingerprint density at radius 1 is 0.704 bits per heavy atom. The van der Waals surface area contributed by atoms with Crippen molar-refractivity contribution in [3.8, 4) is 22.5 Å². The van der Waals surface area contributed by atoms with Crippen molar-refractivity contribution in [2.45, 2.75) is 71.1 Å². The Bertz CT molecular complexity index is 1940. The summed E-state index contributed by atoms with van der Waals surface area (Å²) in [6.45, 7) is 6.08. The molecule has 2 aromatic heterocycles. The van der Waals surface area contributed by atoms with Crippen LogP contribution >= 0.6 is 0 Å². The van der Waals surface area contributed by atoms with Gasteiger partial charge in [-0.15, -0.1) is 0 Å². The number of hydrogen-bond acceptors (Lipinski definition) is 6. The number of alkyl halides is 9. The predicted molar refractivity (Wildman–Crippen MR) is 167 cm³/mol. The summed E-state index contributed by atoms with van der Waals surface area (Å²) in [5.41, 5.74) is 1.17. The van der Waals surface area contributed by atoms with Gasteiger partial charge in [-0.05, 0) is 69.3 Å². The van der Waals surface area contributed by atoms with Crippen molar-refractivity contribution < 1.29 is 67.7 Å². The van der Waals surface area contributed by atoms with Gasteiger partial charge < -0.3 is 29.2 Å². The van der Waals surface area contributed by atoms with Crippen LogP contribution in [0.3, 0.4) is 0 Å². The Labute approximate surface area is 299 Å². The van der Waals surface area contributed by atoms with Crippen LogP contribution < -0.4 is 5.32 Å². The van der Waals surface area contributed by atoms with Gasteiger partial charge in [-0.1, -0.05) is 0 Å². The summed E-state index contributed by atoms with van der Waals surface area (Å²) in [6.07, 6.45) is -14.8. The SMILES string of the molecule is CC(C)(C)OC(=O)N1CCn2c(C(F)(F)F)nc(-c3ccc(F)cc3)c2C1.Fc1ccc(-c2nc(C(F)(F)F)n3c2CNCC3)cc1.O=C(O)C(F)(F)F. The number of nitrogens with zero attached hydrogens (tertiary/aromatic N) is 5. The molecular weight excluding hydrogens is 753 g/mol. The van der Waals surface area contributed by atoms with E-state index in [2.05, 4.69) is 15.3 Å². The Balaban J connectivity index is 0.000000211. The molecule has 10 nitrogen and oxygen atoms in total. The number of halogens is 11. The molecule has 4 aromatic rings. The monoisotopic (exact) mass is 784 g/mol. The van der Waals surface area contributed by atoms with Crippen LogP contribution in [0.1, 0.15) is 43.8 Å². The van der Waals surface area contributed by atoms with Crippen LogP contribution in [0.15, 0.2) is 48.5 Å². The Morgan fingerprint density at radius 3 is 1.54 bits per heavy atom. The summed E-state index contributed by atoms with van der Waals surface area (Å²) in [5.74, 6) is -5.62. The van der Waals surface area contributed by atoms with Crippen molar-refractivity contribution in [1.29, 1.82) is 0 Å². The number of imidazole rings is 2. The number of carboxylic acids is 1. The van der Waals surface area contributed by atoms with Gasteiger partial charge in [0.15, 0.2) is 0 Å². The topological polar surface area (TPSA) is 115 Å². The zero-order chi connectivity index (χ0) is 40.4. The molecule has 0 spiro atoms. The number of rotatable bonds is 2. The van der Waals surface area contributed by atoms with Crippen molar-refractivity contribution in [2.24, 2.45) is 0 Å². The fraction of sp³-hybridized carbons (Fsp3) is 0.394. The molecular formula is C33H31F11N6O4. The third kappa shape index (κ3) is 10.3. The van der Waals surface area contributed by atoms with E-state index in [0.29, 0.717) is 29.9 Å². The Hall–Kier alpha value is -5.21. The highest BCUT2D eigenvalue weighted by atomic mass is 19.4. The average molecular weight is 785 g/mol. The third-order valence-electron chi connectivity index (χ3n) is 7.52. The van der Waals surface area contributed by atoms with E-state index in [0.717, 1.165) is 16.7 Å². The van der Waals surface area contributed by atoms with E-state index in [9.17, 15) is 53.1 Å². The van der Waals surface area contributed by atoms with Crippen molar-refractivity contribution in [1.82, 2.24) is 29.3 Å². The molecule has 6 rings (SSSR count). The molecule has 0 atom stereocenters. The quantitative estimate of drug-likeness (QED) is 0.199. The van der Waals surface area contributed by atoms with E-state index in [1.807, 2.05) is 0 Å². The molecule has 294 valence electrons. The minimum Gasteiger partial charge on any atom is -0.475 e. The van der Waals surface area contributed by atoms with Gasteiger partial charge in [0.2, 0.25) is 11.6 Å². The molecule has 54 heavy (non-hydrogen) atoms. The number of hydrogen-bond donors (Lipinski definition) is 2. The number of amides is 1. The smallest absolute Gasteiger partial charge is 0.475 e. The minimum absolute atomic E-state index is 0.0579. The lowest BCUT2D eigenvalue weighted by Gasteiger charge is -2.31. The van der Waals surface area contributed by atoms with Crippen LogP contribution in [0.25, 0.3) is 22.5 Å². The third-order valence-corrected chi connectivity index (χ3v) is 7.52. The first kappa shape index (κ1) is 41.5. The second-order valence-electron chi connectivity index (χ2n) is 12.7.